The molecular formula is C23H27N4O2+. The summed E-state index contributed by atoms with van der Waals surface area (Å²) in [5, 5.41) is 7.54. The number of ketones is 1. The van der Waals surface area contributed by atoms with Gasteiger partial charge in [0.15, 0.2) is 12.3 Å². The summed E-state index contributed by atoms with van der Waals surface area (Å²) in [4.78, 5) is 25.3. The lowest BCUT2D eigenvalue weighted by Gasteiger charge is -2.15. The van der Waals surface area contributed by atoms with Crippen LogP contribution in [-0.2, 0) is 11.3 Å². The molecule has 6 nitrogen and oxygen atoms in total. The first kappa shape index (κ1) is 20.5. The quantitative estimate of drug-likeness (QED) is 0.608. The van der Waals surface area contributed by atoms with Crippen LogP contribution in [0.25, 0.3) is 5.69 Å². The van der Waals surface area contributed by atoms with Gasteiger partial charge in [-0.2, -0.15) is 5.10 Å². The Kier molecular flexibility index (Phi) is 6.24. The van der Waals surface area contributed by atoms with E-state index in [1.165, 1.54) is 6.92 Å². The van der Waals surface area contributed by atoms with Crippen LogP contribution in [0.1, 0.15) is 34.2 Å². The van der Waals surface area contributed by atoms with Crippen LogP contribution in [0.15, 0.2) is 54.6 Å². The van der Waals surface area contributed by atoms with Gasteiger partial charge in [0, 0.05) is 5.56 Å². The minimum Gasteiger partial charge on any atom is -0.326 e. The standard InChI is InChI=1S/C23H26N4O2/c1-16-21(17(2)27(25-16)19-10-6-5-7-11-19)14-26(4)15-23(29)24-22-13-9-8-12-20(22)18(3)28/h5-13H,14-15H2,1-4H3,(H,24,29)/p+1. The van der Waals surface area contributed by atoms with Crippen LogP contribution in [0.4, 0.5) is 5.69 Å². The van der Waals surface area contributed by atoms with E-state index >= 15 is 0 Å². The summed E-state index contributed by atoms with van der Waals surface area (Å²) < 4.78 is 1.95. The van der Waals surface area contributed by atoms with Crippen LogP contribution in [-0.4, -0.2) is 35.1 Å². The Bertz CT molecular complexity index is 1020. The number of aryl methyl sites for hydroxylation is 1. The predicted octanol–water partition coefficient (Wildman–Crippen LogP) is 2.35. The Morgan fingerprint density at radius 1 is 1.03 bits per heavy atom. The number of aromatic nitrogens is 2. The number of hydrogen-bond donors (Lipinski definition) is 2. The molecule has 1 aromatic heterocycles. The lowest BCUT2D eigenvalue weighted by atomic mass is 10.1. The lowest BCUT2D eigenvalue weighted by Crippen LogP contribution is -3.08. The summed E-state index contributed by atoms with van der Waals surface area (Å²) >= 11 is 0. The SMILES string of the molecule is CC(=O)c1ccccc1NC(=O)C[NH+](C)Cc1c(C)nn(-c2ccccc2)c1C. The van der Waals surface area contributed by atoms with Gasteiger partial charge in [0.25, 0.3) is 5.91 Å². The maximum absolute atomic E-state index is 12.5. The van der Waals surface area contributed by atoms with E-state index in [4.69, 9.17) is 0 Å². The fraction of sp³-hybridized carbons (Fsp3) is 0.261. The van der Waals surface area contributed by atoms with E-state index in [0.29, 0.717) is 24.3 Å². The minimum atomic E-state index is -0.123. The van der Waals surface area contributed by atoms with Crippen molar-refractivity contribution in [2.45, 2.75) is 27.3 Å². The number of benzene rings is 2. The summed E-state index contributed by atoms with van der Waals surface area (Å²) in [6.07, 6.45) is 0. The molecule has 1 amide bonds. The second kappa shape index (κ2) is 8.84. The molecule has 0 aliphatic rings. The topological polar surface area (TPSA) is 68.4 Å². The number of likely N-dealkylation sites (N-methyl/N-ethyl adjacent to an activating group) is 1. The van der Waals surface area contributed by atoms with Crippen molar-refractivity contribution >= 4 is 17.4 Å². The first-order valence-corrected chi connectivity index (χ1v) is 9.68. The summed E-state index contributed by atoms with van der Waals surface area (Å²) in [6.45, 7) is 6.53. The van der Waals surface area contributed by atoms with Gasteiger partial charge in [-0.25, -0.2) is 4.68 Å². The largest absolute Gasteiger partial charge is 0.326 e. The maximum Gasteiger partial charge on any atom is 0.279 e. The first-order valence-electron chi connectivity index (χ1n) is 9.68. The molecule has 0 aliphatic heterocycles. The van der Waals surface area contributed by atoms with Gasteiger partial charge >= 0.3 is 0 Å². The van der Waals surface area contributed by atoms with E-state index in [0.717, 1.165) is 27.5 Å². The number of amides is 1. The summed E-state index contributed by atoms with van der Waals surface area (Å²) in [6, 6.07) is 17.1. The Labute approximate surface area is 171 Å². The number of quaternary nitrogens is 1. The van der Waals surface area contributed by atoms with Crippen molar-refractivity contribution in [2.75, 3.05) is 18.9 Å². The third-order valence-electron chi connectivity index (χ3n) is 4.96. The number of Topliss-reactive ketones (excluding diaryl/α,β-unsaturated/α-hetero) is 1. The van der Waals surface area contributed by atoms with Gasteiger partial charge < -0.3 is 10.2 Å². The van der Waals surface area contributed by atoms with Gasteiger partial charge in [0.1, 0.15) is 6.54 Å². The molecular weight excluding hydrogens is 364 g/mol. The smallest absolute Gasteiger partial charge is 0.279 e. The van der Waals surface area contributed by atoms with E-state index in [-0.39, 0.29) is 11.7 Å². The second-order valence-electron chi connectivity index (χ2n) is 7.36. The van der Waals surface area contributed by atoms with Crippen LogP contribution < -0.4 is 10.2 Å². The highest BCUT2D eigenvalue weighted by molar-refractivity contribution is 6.03. The van der Waals surface area contributed by atoms with Gasteiger partial charge in [0.05, 0.1) is 35.4 Å². The first-order chi connectivity index (χ1) is 13.9. The Morgan fingerprint density at radius 2 is 1.69 bits per heavy atom. The van der Waals surface area contributed by atoms with Crippen LogP contribution in [0, 0.1) is 13.8 Å². The molecule has 0 aliphatic carbocycles. The molecule has 0 fully saturated rings. The van der Waals surface area contributed by atoms with Gasteiger partial charge in [-0.3, -0.25) is 9.59 Å². The monoisotopic (exact) mass is 391 g/mol. The summed E-state index contributed by atoms with van der Waals surface area (Å²) in [7, 11) is 1.98. The number of anilines is 1. The molecule has 1 heterocycles. The molecule has 6 heteroatoms. The molecule has 0 radical (unpaired) electrons. The molecule has 0 saturated carbocycles. The average Bonchev–Trinajstić information content (AvgIpc) is 2.97. The average molecular weight is 391 g/mol. The highest BCUT2D eigenvalue weighted by Gasteiger charge is 2.19. The Balaban J connectivity index is 1.69. The molecule has 3 rings (SSSR count). The van der Waals surface area contributed by atoms with Crippen molar-refractivity contribution in [1.82, 2.24) is 9.78 Å². The van der Waals surface area contributed by atoms with Crippen molar-refractivity contribution in [3.8, 4) is 5.69 Å². The van der Waals surface area contributed by atoms with E-state index in [1.54, 1.807) is 18.2 Å². The normalized spacial score (nSPS) is 11.9. The number of para-hydroxylation sites is 2. The molecule has 0 bridgehead atoms. The number of hydrogen-bond acceptors (Lipinski definition) is 3. The maximum atomic E-state index is 12.5. The molecule has 0 saturated heterocycles. The zero-order valence-corrected chi connectivity index (χ0v) is 17.3. The lowest BCUT2D eigenvalue weighted by molar-refractivity contribution is -0.885. The van der Waals surface area contributed by atoms with Gasteiger partial charge in [-0.05, 0) is 45.0 Å². The second-order valence-corrected chi connectivity index (χ2v) is 7.36. The molecule has 150 valence electrons. The molecule has 1 unspecified atom stereocenters. The van der Waals surface area contributed by atoms with Crippen LogP contribution in [0.2, 0.25) is 0 Å². The number of nitrogens with zero attached hydrogens (tertiary/aromatic N) is 2. The van der Waals surface area contributed by atoms with Crippen molar-refractivity contribution in [3.05, 3.63) is 77.1 Å². The van der Waals surface area contributed by atoms with E-state index in [9.17, 15) is 9.59 Å². The minimum absolute atomic E-state index is 0.0684. The summed E-state index contributed by atoms with van der Waals surface area (Å²) in [5.74, 6) is -0.192. The third-order valence-corrected chi connectivity index (χ3v) is 4.96. The Hall–Kier alpha value is -3.25. The molecule has 29 heavy (non-hydrogen) atoms. The van der Waals surface area contributed by atoms with Crippen LogP contribution in [0.3, 0.4) is 0 Å². The fourth-order valence-electron chi connectivity index (χ4n) is 3.48. The Morgan fingerprint density at radius 3 is 2.38 bits per heavy atom. The fourth-order valence-corrected chi connectivity index (χ4v) is 3.48. The number of carbonyl (C=O) groups is 2. The third kappa shape index (κ3) is 4.78. The highest BCUT2D eigenvalue weighted by atomic mass is 16.2. The van der Waals surface area contributed by atoms with Crippen molar-refractivity contribution in [1.29, 1.82) is 0 Å². The van der Waals surface area contributed by atoms with E-state index in [1.807, 2.05) is 55.1 Å². The molecule has 2 N–H and O–H groups in total. The predicted molar refractivity (Wildman–Crippen MR) is 114 cm³/mol. The van der Waals surface area contributed by atoms with Crippen molar-refractivity contribution in [3.63, 3.8) is 0 Å². The van der Waals surface area contributed by atoms with E-state index < -0.39 is 0 Å². The van der Waals surface area contributed by atoms with E-state index in [2.05, 4.69) is 17.3 Å². The molecule has 1 atom stereocenters. The number of rotatable bonds is 7. The van der Waals surface area contributed by atoms with Gasteiger partial charge in [-0.1, -0.05) is 30.3 Å². The molecule has 0 spiro atoms. The molecule has 2 aromatic carbocycles. The van der Waals surface area contributed by atoms with Gasteiger partial charge in [0.2, 0.25) is 0 Å². The molecule has 3 aromatic rings. The number of nitrogens with one attached hydrogen (secondary N) is 2. The highest BCUT2D eigenvalue weighted by Crippen LogP contribution is 2.17. The van der Waals surface area contributed by atoms with Crippen LogP contribution >= 0.6 is 0 Å². The number of carbonyl (C=O) groups excluding carboxylic acids is 2. The zero-order chi connectivity index (χ0) is 21.0. The summed E-state index contributed by atoms with van der Waals surface area (Å²) in [5.41, 5.74) is 5.29. The van der Waals surface area contributed by atoms with Gasteiger partial charge in [-0.15, -0.1) is 0 Å². The zero-order valence-electron chi connectivity index (χ0n) is 17.3. The van der Waals surface area contributed by atoms with Crippen LogP contribution in [0.5, 0.6) is 0 Å². The van der Waals surface area contributed by atoms with Crippen molar-refractivity contribution in [2.24, 2.45) is 0 Å². The van der Waals surface area contributed by atoms with Crippen molar-refractivity contribution < 1.29 is 14.5 Å².